The van der Waals surface area contributed by atoms with Crippen LogP contribution in [0.3, 0.4) is 0 Å². The molecule has 1 rings (SSSR count). The number of rotatable bonds is 0. The Kier molecular flexibility index (Phi) is 4.06. The van der Waals surface area contributed by atoms with Gasteiger partial charge in [0, 0.05) is 19.1 Å². The van der Waals surface area contributed by atoms with Crippen LogP contribution < -0.4 is 5.73 Å². The number of thioether (sulfide) groups is 1. The first-order valence-electron chi connectivity index (χ1n) is 4.29. The molecule has 72 valence electrons. The van der Waals surface area contributed by atoms with Gasteiger partial charge in [-0.15, -0.1) is 4.99 Å². The summed E-state index contributed by atoms with van der Waals surface area (Å²) >= 11 is 1.51. The molecule has 1 fully saturated rings. The van der Waals surface area contributed by atoms with Crippen molar-refractivity contribution in [3.05, 3.63) is 0 Å². The second kappa shape index (κ2) is 5.10. The SMILES string of the molecule is CSC(=NC#N)N1CCC(N)CC1. The lowest BCUT2D eigenvalue weighted by Gasteiger charge is -2.31. The van der Waals surface area contributed by atoms with Crippen molar-refractivity contribution in [2.45, 2.75) is 18.9 Å². The van der Waals surface area contributed by atoms with Crippen LogP contribution in [0, 0.1) is 11.5 Å². The van der Waals surface area contributed by atoms with Gasteiger partial charge in [-0.1, -0.05) is 11.8 Å². The summed E-state index contributed by atoms with van der Waals surface area (Å²) in [5.41, 5.74) is 5.77. The smallest absolute Gasteiger partial charge is 0.208 e. The molecule has 0 aromatic rings. The molecule has 0 atom stereocenters. The number of hydrogen-bond acceptors (Lipinski definition) is 4. The number of nitriles is 1. The zero-order chi connectivity index (χ0) is 9.68. The van der Waals surface area contributed by atoms with E-state index in [1.54, 1.807) is 0 Å². The minimum absolute atomic E-state index is 0.321. The van der Waals surface area contributed by atoms with E-state index in [2.05, 4.69) is 9.89 Å². The number of hydrogen-bond donors (Lipinski definition) is 1. The molecule has 0 aromatic heterocycles. The lowest BCUT2D eigenvalue weighted by molar-refractivity contribution is 0.318. The van der Waals surface area contributed by atoms with Crippen LogP contribution in [0.5, 0.6) is 0 Å². The maximum atomic E-state index is 8.45. The van der Waals surface area contributed by atoms with E-state index < -0.39 is 0 Å². The van der Waals surface area contributed by atoms with E-state index in [-0.39, 0.29) is 0 Å². The van der Waals surface area contributed by atoms with Crippen LogP contribution in [-0.4, -0.2) is 35.5 Å². The van der Waals surface area contributed by atoms with Gasteiger partial charge in [0.2, 0.25) is 6.19 Å². The summed E-state index contributed by atoms with van der Waals surface area (Å²) < 4.78 is 0. The van der Waals surface area contributed by atoms with Crippen molar-refractivity contribution in [3.8, 4) is 6.19 Å². The van der Waals surface area contributed by atoms with Crippen LogP contribution in [0.1, 0.15) is 12.8 Å². The van der Waals surface area contributed by atoms with Crippen molar-refractivity contribution in [1.82, 2.24) is 4.90 Å². The molecular formula is C8H14N4S. The van der Waals surface area contributed by atoms with Gasteiger partial charge in [0.15, 0.2) is 5.17 Å². The zero-order valence-corrected chi connectivity index (χ0v) is 8.55. The second-order valence-electron chi connectivity index (χ2n) is 3.02. The van der Waals surface area contributed by atoms with Crippen molar-refractivity contribution < 1.29 is 0 Å². The first-order valence-corrected chi connectivity index (χ1v) is 5.51. The highest BCUT2D eigenvalue weighted by molar-refractivity contribution is 8.13. The molecule has 0 radical (unpaired) electrons. The Labute approximate surface area is 82.8 Å². The first-order chi connectivity index (χ1) is 6.27. The lowest BCUT2D eigenvalue weighted by Crippen LogP contribution is -2.41. The van der Waals surface area contributed by atoms with Crippen LogP contribution in [0.15, 0.2) is 4.99 Å². The molecule has 0 aliphatic carbocycles. The van der Waals surface area contributed by atoms with Crippen molar-refractivity contribution >= 4 is 16.9 Å². The highest BCUT2D eigenvalue weighted by atomic mass is 32.2. The van der Waals surface area contributed by atoms with Gasteiger partial charge in [-0.2, -0.15) is 5.26 Å². The van der Waals surface area contributed by atoms with Gasteiger partial charge in [-0.25, -0.2) is 0 Å². The predicted molar refractivity (Wildman–Crippen MR) is 55.3 cm³/mol. The molecule has 2 N–H and O–H groups in total. The molecule has 0 saturated carbocycles. The summed E-state index contributed by atoms with van der Waals surface area (Å²) in [5.74, 6) is 0. The third-order valence-electron chi connectivity index (χ3n) is 2.14. The van der Waals surface area contributed by atoms with Crippen molar-refractivity contribution in [2.24, 2.45) is 10.7 Å². The fraction of sp³-hybridized carbons (Fsp3) is 0.750. The Bertz CT molecular complexity index is 225. The Balaban J connectivity index is 2.52. The number of nitrogens with zero attached hydrogens (tertiary/aromatic N) is 3. The molecule has 0 spiro atoms. The minimum Gasteiger partial charge on any atom is -0.350 e. The molecule has 1 aliphatic rings. The van der Waals surface area contributed by atoms with E-state index >= 15 is 0 Å². The van der Waals surface area contributed by atoms with E-state index in [0.29, 0.717) is 6.04 Å². The Morgan fingerprint density at radius 2 is 2.23 bits per heavy atom. The Morgan fingerprint density at radius 1 is 1.62 bits per heavy atom. The molecule has 4 nitrogen and oxygen atoms in total. The number of likely N-dealkylation sites (tertiary alicyclic amines) is 1. The maximum absolute atomic E-state index is 8.45. The molecule has 0 amide bonds. The molecule has 0 unspecified atom stereocenters. The van der Waals surface area contributed by atoms with E-state index in [9.17, 15) is 0 Å². The summed E-state index contributed by atoms with van der Waals surface area (Å²) in [7, 11) is 0. The van der Waals surface area contributed by atoms with Gasteiger partial charge in [0.05, 0.1) is 0 Å². The van der Waals surface area contributed by atoms with E-state index in [1.165, 1.54) is 11.8 Å². The molecule has 5 heteroatoms. The number of piperidine rings is 1. The van der Waals surface area contributed by atoms with Crippen LogP contribution in [0.4, 0.5) is 0 Å². The normalized spacial score (nSPS) is 20.1. The molecule has 0 bridgehead atoms. The van der Waals surface area contributed by atoms with Crippen molar-refractivity contribution in [3.63, 3.8) is 0 Å². The van der Waals surface area contributed by atoms with Crippen molar-refractivity contribution in [1.29, 1.82) is 5.26 Å². The largest absolute Gasteiger partial charge is 0.350 e. The average molecular weight is 198 g/mol. The average Bonchev–Trinajstić information content (AvgIpc) is 2.16. The topological polar surface area (TPSA) is 65.4 Å². The highest BCUT2D eigenvalue weighted by Gasteiger charge is 2.18. The third kappa shape index (κ3) is 2.90. The molecule has 1 heterocycles. The number of nitrogens with two attached hydrogens (primary N) is 1. The van der Waals surface area contributed by atoms with E-state index in [4.69, 9.17) is 11.0 Å². The van der Waals surface area contributed by atoms with Gasteiger partial charge in [0.25, 0.3) is 0 Å². The van der Waals surface area contributed by atoms with Crippen LogP contribution >= 0.6 is 11.8 Å². The van der Waals surface area contributed by atoms with Gasteiger partial charge >= 0.3 is 0 Å². The van der Waals surface area contributed by atoms with E-state index in [1.807, 2.05) is 12.4 Å². The standard InChI is InChI=1S/C8H14N4S/c1-13-8(11-6-9)12-4-2-7(10)3-5-12/h7H,2-5,10H2,1H3. The summed E-state index contributed by atoms with van der Waals surface area (Å²) in [4.78, 5) is 5.88. The summed E-state index contributed by atoms with van der Waals surface area (Å²) in [6.45, 7) is 1.84. The summed E-state index contributed by atoms with van der Waals surface area (Å²) in [6, 6.07) is 0.321. The second-order valence-corrected chi connectivity index (χ2v) is 3.80. The van der Waals surface area contributed by atoms with Crippen molar-refractivity contribution in [2.75, 3.05) is 19.3 Å². The number of amidine groups is 1. The summed E-state index contributed by atoms with van der Waals surface area (Å²) in [6.07, 6.45) is 5.74. The Hall–Kier alpha value is -0.730. The molecule has 13 heavy (non-hydrogen) atoms. The first kappa shape index (κ1) is 10.4. The molecule has 1 aliphatic heterocycles. The monoisotopic (exact) mass is 198 g/mol. The molecular weight excluding hydrogens is 184 g/mol. The minimum atomic E-state index is 0.321. The number of aliphatic imine (C=N–C) groups is 1. The summed E-state index contributed by atoms with van der Waals surface area (Å²) in [5, 5.41) is 9.26. The molecule has 1 saturated heterocycles. The Morgan fingerprint density at radius 3 is 2.69 bits per heavy atom. The van der Waals surface area contributed by atoms with Crippen LogP contribution in [0.2, 0.25) is 0 Å². The predicted octanol–water partition coefficient (Wildman–Crippen LogP) is 0.610. The fourth-order valence-electron chi connectivity index (χ4n) is 1.38. The lowest BCUT2D eigenvalue weighted by atomic mass is 10.1. The fourth-order valence-corrected chi connectivity index (χ4v) is 1.95. The van der Waals surface area contributed by atoms with Gasteiger partial charge in [0.1, 0.15) is 0 Å². The molecule has 0 aromatic carbocycles. The highest BCUT2D eigenvalue weighted by Crippen LogP contribution is 2.13. The maximum Gasteiger partial charge on any atom is 0.208 e. The van der Waals surface area contributed by atoms with Gasteiger partial charge < -0.3 is 10.6 Å². The third-order valence-corrected chi connectivity index (χ3v) is 2.85. The van der Waals surface area contributed by atoms with E-state index in [0.717, 1.165) is 31.1 Å². The zero-order valence-electron chi connectivity index (χ0n) is 7.73. The van der Waals surface area contributed by atoms with Gasteiger partial charge in [-0.3, -0.25) is 0 Å². The quantitative estimate of drug-likeness (QED) is 0.352. The van der Waals surface area contributed by atoms with Gasteiger partial charge in [-0.05, 0) is 19.1 Å². The van der Waals surface area contributed by atoms with Crippen LogP contribution in [0.25, 0.3) is 0 Å². The van der Waals surface area contributed by atoms with Crippen LogP contribution in [-0.2, 0) is 0 Å².